The molecule has 2 saturated heterocycles. The first-order valence-corrected chi connectivity index (χ1v) is 4.32. The highest BCUT2D eigenvalue weighted by Gasteiger charge is 2.48. The van der Waals surface area contributed by atoms with Crippen LogP contribution in [0.2, 0.25) is 0 Å². The Hall–Kier alpha value is -0.160. The molecule has 0 saturated carbocycles. The van der Waals surface area contributed by atoms with Crippen LogP contribution in [0.15, 0.2) is 0 Å². The lowest BCUT2D eigenvalue weighted by atomic mass is 10.1. The fraction of sp³-hybridized carbons (Fsp3) is 1.00. The summed E-state index contributed by atoms with van der Waals surface area (Å²) in [6.07, 6.45) is -0.380. The molecule has 2 fully saturated rings. The van der Waals surface area contributed by atoms with Gasteiger partial charge in [0.15, 0.2) is 0 Å². The number of hydrogen-bond donors (Lipinski definition) is 2. The molecule has 0 bridgehead atoms. The Morgan fingerprint density at radius 3 is 2.75 bits per heavy atom. The molecule has 70 valence electrons. The van der Waals surface area contributed by atoms with Gasteiger partial charge in [-0.2, -0.15) is 0 Å². The number of rotatable bonds is 1. The molecule has 0 aromatic rings. The number of ether oxygens (including phenoxy) is 2. The van der Waals surface area contributed by atoms with Crippen LogP contribution >= 0.6 is 0 Å². The van der Waals surface area contributed by atoms with Crippen molar-refractivity contribution in [2.75, 3.05) is 6.61 Å². The monoisotopic (exact) mass is 174 g/mol. The summed E-state index contributed by atoms with van der Waals surface area (Å²) >= 11 is 0. The molecule has 2 aliphatic heterocycles. The Balaban J connectivity index is 2.03. The van der Waals surface area contributed by atoms with Gasteiger partial charge in [-0.3, -0.25) is 0 Å². The molecule has 12 heavy (non-hydrogen) atoms. The van der Waals surface area contributed by atoms with E-state index in [-0.39, 0.29) is 24.9 Å². The van der Waals surface area contributed by atoms with Gasteiger partial charge in [-0.15, -0.1) is 0 Å². The predicted octanol–water partition coefficient (Wildman–Crippen LogP) is -0.716. The zero-order chi connectivity index (χ0) is 8.72. The molecule has 2 aliphatic rings. The van der Waals surface area contributed by atoms with E-state index in [4.69, 9.17) is 14.6 Å². The second-order valence-corrected chi connectivity index (χ2v) is 3.53. The third kappa shape index (κ3) is 1.15. The van der Waals surface area contributed by atoms with Gasteiger partial charge in [-0.25, -0.2) is 0 Å². The molecule has 0 unspecified atom stereocenters. The standard InChI is InChI=1S/C8H14O4/c1-4-2-5-8(11-4)7(10)6(3-9)12-5/h4-10H,2-3H2,1H3/t4-,5-,6+,7-,8+/m1/s1. The van der Waals surface area contributed by atoms with Crippen LogP contribution in [0.25, 0.3) is 0 Å². The van der Waals surface area contributed by atoms with Crippen molar-refractivity contribution in [1.29, 1.82) is 0 Å². The zero-order valence-corrected chi connectivity index (χ0v) is 7.01. The van der Waals surface area contributed by atoms with E-state index in [2.05, 4.69) is 0 Å². The second-order valence-electron chi connectivity index (χ2n) is 3.53. The summed E-state index contributed by atoms with van der Waals surface area (Å²) in [5.74, 6) is 0. The summed E-state index contributed by atoms with van der Waals surface area (Å²) in [4.78, 5) is 0. The molecule has 2 N–H and O–H groups in total. The maximum Gasteiger partial charge on any atom is 0.113 e. The van der Waals surface area contributed by atoms with Gasteiger partial charge in [0, 0.05) is 6.42 Å². The van der Waals surface area contributed by atoms with Gasteiger partial charge in [0.05, 0.1) is 18.8 Å². The molecule has 0 aromatic carbocycles. The van der Waals surface area contributed by atoms with Crippen molar-refractivity contribution < 1.29 is 19.7 Å². The van der Waals surface area contributed by atoms with Crippen LogP contribution in [-0.4, -0.2) is 47.3 Å². The molecule has 0 aliphatic carbocycles. The van der Waals surface area contributed by atoms with E-state index in [1.807, 2.05) is 6.92 Å². The summed E-state index contributed by atoms with van der Waals surface area (Å²) in [5.41, 5.74) is 0. The highest BCUT2D eigenvalue weighted by atomic mass is 16.6. The maximum absolute atomic E-state index is 9.57. The van der Waals surface area contributed by atoms with Gasteiger partial charge in [0.25, 0.3) is 0 Å². The van der Waals surface area contributed by atoms with E-state index in [9.17, 15) is 5.11 Å². The van der Waals surface area contributed by atoms with Crippen molar-refractivity contribution in [3.63, 3.8) is 0 Å². The molecular formula is C8H14O4. The van der Waals surface area contributed by atoms with Gasteiger partial charge in [0.2, 0.25) is 0 Å². The smallest absolute Gasteiger partial charge is 0.113 e. The van der Waals surface area contributed by atoms with E-state index >= 15 is 0 Å². The SMILES string of the molecule is C[C@@H]1C[C@H]2O[C@@H](CO)[C@@H](O)[C@H]2O1. The molecule has 2 rings (SSSR count). The van der Waals surface area contributed by atoms with Gasteiger partial charge < -0.3 is 19.7 Å². The van der Waals surface area contributed by atoms with Crippen LogP contribution in [0.4, 0.5) is 0 Å². The number of fused-ring (bicyclic) bond motifs is 1. The van der Waals surface area contributed by atoms with Crippen molar-refractivity contribution in [1.82, 2.24) is 0 Å². The number of hydrogen-bond acceptors (Lipinski definition) is 4. The summed E-state index contributed by atoms with van der Waals surface area (Å²) in [5, 5.41) is 18.4. The van der Waals surface area contributed by atoms with E-state index in [0.29, 0.717) is 0 Å². The average Bonchev–Trinajstić information content (AvgIpc) is 2.51. The Morgan fingerprint density at radius 2 is 2.17 bits per heavy atom. The molecule has 5 atom stereocenters. The first-order valence-electron chi connectivity index (χ1n) is 4.32. The van der Waals surface area contributed by atoms with E-state index in [1.54, 1.807) is 0 Å². The van der Waals surface area contributed by atoms with Crippen molar-refractivity contribution in [3.8, 4) is 0 Å². The predicted molar refractivity (Wildman–Crippen MR) is 40.7 cm³/mol. The van der Waals surface area contributed by atoms with Crippen LogP contribution in [0.5, 0.6) is 0 Å². The second kappa shape index (κ2) is 2.96. The lowest BCUT2D eigenvalue weighted by Gasteiger charge is -2.15. The van der Waals surface area contributed by atoms with Gasteiger partial charge in [0.1, 0.15) is 18.3 Å². The van der Waals surface area contributed by atoms with E-state index in [1.165, 1.54) is 0 Å². The molecule has 0 radical (unpaired) electrons. The van der Waals surface area contributed by atoms with Crippen molar-refractivity contribution >= 4 is 0 Å². The molecule has 0 amide bonds. The molecule has 4 heteroatoms. The minimum Gasteiger partial charge on any atom is -0.394 e. The van der Waals surface area contributed by atoms with Crippen molar-refractivity contribution in [3.05, 3.63) is 0 Å². The van der Waals surface area contributed by atoms with Crippen LogP contribution in [0, 0.1) is 0 Å². The Morgan fingerprint density at radius 1 is 1.42 bits per heavy atom. The highest BCUT2D eigenvalue weighted by molar-refractivity contribution is 4.96. The Bertz CT molecular complexity index is 170. The van der Waals surface area contributed by atoms with Gasteiger partial charge in [-0.1, -0.05) is 0 Å². The summed E-state index contributed by atoms with van der Waals surface area (Å²) in [6.45, 7) is 1.83. The lowest BCUT2D eigenvalue weighted by molar-refractivity contribution is -0.0485. The molecule has 4 nitrogen and oxygen atoms in total. The third-order valence-electron chi connectivity index (χ3n) is 2.57. The molecular weight excluding hydrogens is 160 g/mol. The number of aliphatic hydroxyl groups excluding tert-OH is 2. The van der Waals surface area contributed by atoms with Gasteiger partial charge >= 0.3 is 0 Å². The zero-order valence-electron chi connectivity index (χ0n) is 7.01. The Kier molecular flexibility index (Phi) is 2.08. The van der Waals surface area contributed by atoms with E-state index < -0.39 is 12.2 Å². The Labute approximate surface area is 71.1 Å². The molecule has 2 heterocycles. The normalized spacial score (nSPS) is 52.8. The first kappa shape index (κ1) is 8.44. The minimum atomic E-state index is -0.662. The van der Waals surface area contributed by atoms with Crippen molar-refractivity contribution in [2.45, 2.75) is 43.9 Å². The largest absolute Gasteiger partial charge is 0.394 e. The topological polar surface area (TPSA) is 58.9 Å². The van der Waals surface area contributed by atoms with Crippen LogP contribution in [0.3, 0.4) is 0 Å². The van der Waals surface area contributed by atoms with Gasteiger partial charge in [-0.05, 0) is 6.92 Å². The molecule has 0 aromatic heterocycles. The summed E-state index contributed by atoms with van der Waals surface area (Å²) in [7, 11) is 0. The third-order valence-corrected chi connectivity index (χ3v) is 2.57. The summed E-state index contributed by atoms with van der Waals surface area (Å²) < 4.78 is 10.8. The van der Waals surface area contributed by atoms with Crippen molar-refractivity contribution in [2.24, 2.45) is 0 Å². The lowest BCUT2D eigenvalue weighted by Crippen LogP contribution is -2.33. The minimum absolute atomic E-state index is 0.0212. The fourth-order valence-corrected chi connectivity index (χ4v) is 1.97. The number of aliphatic hydroxyl groups is 2. The van der Waals surface area contributed by atoms with Crippen LogP contribution < -0.4 is 0 Å². The van der Waals surface area contributed by atoms with Crippen LogP contribution in [-0.2, 0) is 9.47 Å². The maximum atomic E-state index is 9.57. The quantitative estimate of drug-likeness (QED) is 0.551. The first-order chi connectivity index (χ1) is 5.72. The van der Waals surface area contributed by atoms with Crippen LogP contribution in [0.1, 0.15) is 13.3 Å². The average molecular weight is 174 g/mol. The van der Waals surface area contributed by atoms with E-state index in [0.717, 1.165) is 6.42 Å². The highest BCUT2D eigenvalue weighted by Crippen LogP contribution is 2.33. The summed E-state index contributed by atoms with van der Waals surface area (Å²) in [6, 6.07) is 0. The fourth-order valence-electron chi connectivity index (χ4n) is 1.97. The molecule has 0 spiro atoms.